The molecule has 0 bridgehead atoms. The van der Waals surface area contributed by atoms with Crippen molar-refractivity contribution in [3.8, 4) is 11.5 Å². The summed E-state index contributed by atoms with van der Waals surface area (Å²) < 4.78 is 24.7. The second-order valence-corrected chi connectivity index (χ2v) is 4.82. The highest BCUT2D eigenvalue weighted by atomic mass is 32.2. The minimum atomic E-state index is -2.40. The van der Waals surface area contributed by atoms with Crippen LogP contribution >= 0.6 is 0 Å². The van der Waals surface area contributed by atoms with E-state index in [0.717, 1.165) is 12.1 Å². The van der Waals surface area contributed by atoms with Gasteiger partial charge in [-0.1, -0.05) is 30.3 Å². The number of hydrogen-bond donors (Lipinski definition) is 2. The van der Waals surface area contributed by atoms with E-state index in [1.807, 2.05) is 0 Å². The highest BCUT2D eigenvalue weighted by Crippen LogP contribution is 2.31. The first kappa shape index (κ1) is 14.2. The molecule has 2 aromatic rings. The number of hydrogen-bond acceptors (Lipinski definition) is 4. The van der Waals surface area contributed by atoms with Gasteiger partial charge in [0.15, 0.2) is 24.0 Å². The number of phenols is 1. The molecule has 2 aromatic carbocycles. The summed E-state index contributed by atoms with van der Waals surface area (Å²) >= 11 is -2.40. The Kier molecular flexibility index (Phi) is 4.16. The van der Waals surface area contributed by atoms with Crippen LogP contribution < -0.4 is 4.74 Å². The van der Waals surface area contributed by atoms with Crippen LogP contribution in [0.25, 0.3) is 0 Å². The molecule has 0 fully saturated rings. The molecule has 0 saturated carbocycles. The summed E-state index contributed by atoms with van der Waals surface area (Å²) in [5.74, 6) is -1.03. The van der Waals surface area contributed by atoms with Crippen LogP contribution in [0.15, 0.2) is 47.4 Å². The standard InChI is InChI=1S/C14H10O5S/c1-19-12-8-11(15)10(7-13(12)20(17)18)14(16)9-5-3-2-4-6-9/h1-8,15H,(H,17,18). The zero-order chi connectivity index (χ0) is 14.7. The average molecular weight is 290 g/mol. The van der Waals surface area contributed by atoms with E-state index in [2.05, 4.69) is 4.74 Å². The first-order chi connectivity index (χ1) is 9.54. The lowest BCUT2D eigenvalue weighted by molar-refractivity contribution is 0.103. The van der Waals surface area contributed by atoms with Crippen molar-refractivity contribution in [2.24, 2.45) is 0 Å². The van der Waals surface area contributed by atoms with Crippen LogP contribution in [0.1, 0.15) is 15.9 Å². The molecular weight excluding hydrogens is 280 g/mol. The summed E-state index contributed by atoms with van der Waals surface area (Å²) in [4.78, 5) is 12.0. The maximum absolute atomic E-state index is 12.2. The lowest BCUT2D eigenvalue weighted by atomic mass is 10.0. The summed E-state index contributed by atoms with van der Waals surface area (Å²) in [5.41, 5.74) is 0.244. The molecule has 2 radical (unpaired) electrons. The fraction of sp³-hybridized carbons (Fsp3) is 0. The number of phenolic OH excluding ortho intramolecular Hbond substituents is 1. The quantitative estimate of drug-likeness (QED) is 0.666. The van der Waals surface area contributed by atoms with Crippen molar-refractivity contribution < 1.29 is 23.4 Å². The first-order valence-corrected chi connectivity index (χ1v) is 6.59. The van der Waals surface area contributed by atoms with Crippen LogP contribution in [0.3, 0.4) is 0 Å². The number of ether oxygens (including phenoxy) is 1. The first-order valence-electron chi connectivity index (χ1n) is 5.49. The second-order valence-electron chi connectivity index (χ2n) is 3.88. The zero-order valence-electron chi connectivity index (χ0n) is 10.1. The molecule has 2 rings (SSSR count). The molecule has 102 valence electrons. The molecule has 0 aliphatic carbocycles. The molecule has 0 aromatic heterocycles. The van der Waals surface area contributed by atoms with Gasteiger partial charge in [0.25, 0.3) is 0 Å². The fourth-order valence-electron chi connectivity index (χ4n) is 1.70. The number of benzene rings is 2. The van der Waals surface area contributed by atoms with E-state index >= 15 is 0 Å². The largest absolute Gasteiger partial charge is 0.507 e. The molecule has 0 aliphatic heterocycles. The van der Waals surface area contributed by atoms with Crippen molar-refractivity contribution in [2.75, 3.05) is 0 Å². The molecule has 0 spiro atoms. The van der Waals surface area contributed by atoms with Gasteiger partial charge in [-0.15, -0.1) is 0 Å². The van der Waals surface area contributed by atoms with Crippen LogP contribution in [-0.2, 0) is 11.1 Å². The van der Waals surface area contributed by atoms with Gasteiger partial charge in [0.2, 0.25) is 0 Å². The third kappa shape index (κ3) is 2.71. The molecular formula is C14H10O5S. The summed E-state index contributed by atoms with van der Waals surface area (Å²) in [7, 11) is 4.95. The SMILES string of the molecule is [CH]Oc1cc(O)c(C(=O)c2ccccc2)cc1S(=O)O. The van der Waals surface area contributed by atoms with Crippen molar-refractivity contribution in [1.82, 2.24) is 0 Å². The van der Waals surface area contributed by atoms with Crippen molar-refractivity contribution in [3.05, 3.63) is 60.7 Å². The van der Waals surface area contributed by atoms with Crippen LogP contribution in [0.4, 0.5) is 0 Å². The Labute approximate surface area is 118 Å². The van der Waals surface area contributed by atoms with Crippen LogP contribution in [0.5, 0.6) is 11.5 Å². The van der Waals surface area contributed by atoms with Crippen molar-refractivity contribution in [1.29, 1.82) is 0 Å². The van der Waals surface area contributed by atoms with E-state index in [1.54, 1.807) is 30.3 Å². The second kappa shape index (κ2) is 5.85. The van der Waals surface area contributed by atoms with Gasteiger partial charge in [-0.05, 0) is 6.07 Å². The molecule has 20 heavy (non-hydrogen) atoms. The lowest BCUT2D eigenvalue weighted by Crippen LogP contribution is -2.04. The topological polar surface area (TPSA) is 83.8 Å². The molecule has 0 heterocycles. The van der Waals surface area contributed by atoms with Gasteiger partial charge >= 0.3 is 0 Å². The van der Waals surface area contributed by atoms with Gasteiger partial charge in [0.05, 0.1) is 5.56 Å². The summed E-state index contributed by atoms with van der Waals surface area (Å²) in [6, 6.07) is 10.4. The van der Waals surface area contributed by atoms with Gasteiger partial charge in [0.1, 0.15) is 16.4 Å². The predicted octanol–water partition coefficient (Wildman–Crippen LogP) is 2.25. The van der Waals surface area contributed by atoms with Crippen molar-refractivity contribution in [2.45, 2.75) is 4.90 Å². The Balaban J connectivity index is 2.55. The molecule has 0 saturated heterocycles. The number of aromatic hydroxyl groups is 1. The minimum Gasteiger partial charge on any atom is -0.507 e. The van der Waals surface area contributed by atoms with E-state index in [-0.39, 0.29) is 22.0 Å². The van der Waals surface area contributed by atoms with Crippen molar-refractivity contribution >= 4 is 16.9 Å². The normalized spacial score (nSPS) is 11.9. The third-order valence-corrected chi connectivity index (χ3v) is 3.35. The summed E-state index contributed by atoms with van der Waals surface area (Å²) in [6.07, 6.45) is 0. The van der Waals surface area contributed by atoms with E-state index < -0.39 is 16.9 Å². The third-order valence-electron chi connectivity index (χ3n) is 2.66. The Hall–Kier alpha value is -2.18. The molecule has 1 unspecified atom stereocenters. The lowest BCUT2D eigenvalue weighted by Gasteiger charge is -2.09. The molecule has 0 amide bonds. The fourth-order valence-corrected chi connectivity index (χ4v) is 2.20. The zero-order valence-corrected chi connectivity index (χ0v) is 11.0. The Morgan fingerprint density at radius 3 is 2.40 bits per heavy atom. The van der Waals surface area contributed by atoms with Crippen LogP contribution in [0.2, 0.25) is 0 Å². The minimum absolute atomic E-state index is 0.102. The maximum atomic E-state index is 12.2. The molecule has 1 atom stereocenters. The van der Waals surface area contributed by atoms with Gasteiger partial charge in [-0.2, -0.15) is 0 Å². The average Bonchev–Trinajstić information content (AvgIpc) is 2.46. The Morgan fingerprint density at radius 1 is 1.20 bits per heavy atom. The Morgan fingerprint density at radius 2 is 1.85 bits per heavy atom. The number of carbonyl (C=O) groups is 1. The predicted molar refractivity (Wildman–Crippen MR) is 71.9 cm³/mol. The van der Waals surface area contributed by atoms with Gasteiger partial charge in [-0.25, -0.2) is 4.21 Å². The highest BCUT2D eigenvalue weighted by Gasteiger charge is 2.19. The summed E-state index contributed by atoms with van der Waals surface area (Å²) in [6.45, 7) is 0. The van der Waals surface area contributed by atoms with Crippen LogP contribution in [0, 0.1) is 7.11 Å². The number of rotatable bonds is 4. The highest BCUT2D eigenvalue weighted by molar-refractivity contribution is 7.79. The van der Waals surface area contributed by atoms with Crippen LogP contribution in [-0.4, -0.2) is 19.7 Å². The van der Waals surface area contributed by atoms with Gasteiger partial charge in [0, 0.05) is 11.6 Å². The molecule has 5 nitrogen and oxygen atoms in total. The van der Waals surface area contributed by atoms with E-state index in [0.29, 0.717) is 5.56 Å². The van der Waals surface area contributed by atoms with Gasteiger partial charge < -0.3 is 14.4 Å². The Bertz CT molecular complexity index is 667. The molecule has 6 heteroatoms. The maximum Gasteiger partial charge on any atom is 0.196 e. The van der Waals surface area contributed by atoms with E-state index in [1.165, 1.54) is 0 Å². The van der Waals surface area contributed by atoms with E-state index in [9.17, 15) is 14.1 Å². The van der Waals surface area contributed by atoms with Crippen molar-refractivity contribution in [3.63, 3.8) is 0 Å². The summed E-state index contributed by atoms with van der Waals surface area (Å²) in [5, 5.41) is 9.82. The monoisotopic (exact) mass is 290 g/mol. The number of carbonyl (C=O) groups excluding carboxylic acids is 1. The number of ketones is 1. The molecule has 2 N–H and O–H groups in total. The smallest absolute Gasteiger partial charge is 0.196 e. The molecule has 0 aliphatic rings. The van der Waals surface area contributed by atoms with E-state index in [4.69, 9.17) is 11.7 Å². The van der Waals surface area contributed by atoms with Gasteiger partial charge in [-0.3, -0.25) is 4.79 Å².